The lowest BCUT2D eigenvalue weighted by molar-refractivity contribution is 0.817. The monoisotopic (exact) mass is 1080 g/mol. The van der Waals surface area contributed by atoms with E-state index in [1.165, 1.54) is 83.5 Å². The van der Waals surface area contributed by atoms with Crippen LogP contribution in [0.2, 0.25) is 0 Å². The summed E-state index contributed by atoms with van der Waals surface area (Å²) in [7, 11) is 0. The number of hydrogen-bond acceptors (Lipinski definition) is 0. The number of fused-ring (bicyclic) bond motifs is 9. The summed E-state index contributed by atoms with van der Waals surface area (Å²) >= 11 is 22.8. The van der Waals surface area contributed by atoms with Gasteiger partial charge in [-0.2, -0.15) is 0 Å². The van der Waals surface area contributed by atoms with Gasteiger partial charge < -0.3 is 0 Å². The van der Waals surface area contributed by atoms with E-state index in [4.69, 9.17) is 0 Å². The number of allylic oxidation sites excluding steroid dienone is 6. The lowest BCUT2D eigenvalue weighted by Gasteiger charge is -2.26. The van der Waals surface area contributed by atoms with Crippen LogP contribution in [0.5, 0.6) is 0 Å². The van der Waals surface area contributed by atoms with Crippen LogP contribution in [0.3, 0.4) is 0 Å². The SMILES string of the molecule is Brc1ccc2c(c1)C(C=C1CC(=CC3c4cc(Br)ccc4-c4ccc(Br)cc43)CC(=CC3c4cc(Br)ccc4-c4ccc(Br)cc43)C1)c1cc(Br)ccc1-2. The van der Waals surface area contributed by atoms with Gasteiger partial charge in [-0.3, -0.25) is 0 Å². The highest BCUT2D eigenvalue weighted by Gasteiger charge is 2.33. The van der Waals surface area contributed by atoms with Crippen molar-refractivity contribution in [3.05, 3.63) is 204 Å². The van der Waals surface area contributed by atoms with Crippen molar-refractivity contribution in [1.82, 2.24) is 0 Å². The molecule has 0 amide bonds. The van der Waals surface area contributed by atoms with Gasteiger partial charge in [0.15, 0.2) is 0 Å². The zero-order valence-electron chi connectivity index (χ0n) is 28.7. The van der Waals surface area contributed by atoms with Crippen LogP contribution in [0, 0.1) is 0 Å². The summed E-state index contributed by atoms with van der Waals surface area (Å²) in [5.41, 5.74) is 20.6. The van der Waals surface area contributed by atoms with Gasteiger partial charge in [0.2, 0.25) is 0 Å². The van der Waals surface area contributed by atoms with Crippen LogP contribution in [0.15, 0.2) is 171 Å². The van der Waals surface area contributed by atoms with Crippen molar-refractivity contribution in [2.24, 2.45) is 0 Å². The second-order valence-electron chi connectivity index (χ2n) is 14.8. The molecule has 0 radical (unpaired) electrons. The maximum Gasteiger partial charge on any atom is 0.0285 e. The van der Waals surface area contributed by atoms with Gasteiger partial charge in [-0.15, -0.1) is 0 Å². The van der Waals surface area contributed by atoms with Crippen LogP contribution in [0.1, 0.15) is 70.4 Å². The zero-order chi connectivity index (χ0) is 36.8. The van der Waals surface area contributed by atoms with Crippen LogP contribution in [0.25, 0.3) is 33.4 Å². The number of halogens is 6. The Hall–Kier alpha value is -2.58. The number of rotatable bonds is 3. The molecular formula is C48H30Br6. The second-order valence-corrected chi connectivity index (χ2v) is 20.3. The molecule has 1 fully saturated rings. The minimum Gasteiger partial charge on any atom is -0.0728 e. The fraction of sp³-hybridized carbons (Fsp3) is 0.125. The standard InChI is InChI=1S/C48H30Br6/c49-28-1-7-34-35-8-2-29(50)20-44(35)40(43(34)19-28)16-25-13-26(17-41-45-21-30(51)3-9-36(45)37-10-4-31(52)22-46(37)41)15-27(14-25)18-42-47-23-32(53)5-11-38(47)39-12-6-33(54)24-48(39)42/h1-12,16-24,40-42H,13-15H2. The highest BCUT2D eigenvalue weighted by Crippen LogP contribution is 2.53. The third kappa shape index (κ3) is 6.32. The van der Waals surface area contributed by atoms with Gasteiger partial charge in [0.1, 0.15) is 0 Å². The summed E-state index contributed by atoms with van der Waals surface area (Å²) in [6.45, 7) is 0. The topological polar surface area (TPSA) is 0 Å². The number of hydrogen-bond donors (Lipinski definition) is 0. The molecule has 54 heavy (non-hydrogen) atoms. The summed E-state index contributed by atoms with van der Waals surface area (Å²) in [6, 6.07) is 40.6. The first-order valence-electron chi connectivity index (χ1n) is 18.0. The Morgan fingerprint density at radius 3 is 0.667 bits per heavy atom. The van der Waals surface area contributed by atoms with Gasteiger partial charge >= 0.3 is 0 Å². The molecule has 0 unspecified atom stereocenters. The first-order valence-corrected chi connectivity index (χ1v) is 22.8. The molecule has 6 aromatic rings. The van der Waals surface area contributed by atoms with Gasteiger partial charge in [0.25, 0.3) is 0 Å². The van der Waals surface area contributed by atoms with E-state index in [-0.39, 0.29) is 17.8 Å². The zero-order valence-corrected chi connectivity index (χ0v) is 38.3. The molecule has 0 heterocycles. The molecule has 0 saturated heterocycles. The summed E-state index contributed by atoms with van der Waals surface area (Å²) in [5, 5.41) is 0. The number of benzene rings is 6. The molecule has 6 aromatic carbocycles. The summed E-state index contributed by atoms with van der Waals surface area (Å²) < 4.78 is 6.71. The molecule has 10 rings (SSSR count). The predicted octanol–water partition coefficient (Wildman–Crippen LogP) is 17.0. The lowest BCUT2D eigenvalue weighted by atomic mass is 9.79. The Kier molecular flexibility index (Phi) is 9.36. The van der Waals surface area contributed by atoms with Gasteiger partial charge in [-0.25, -0.2) is 0 Å². The van der Waals surface area contributed by atoms with E-state index in [1.54, 1.807) is 0 Å². The van der Waals surface area contributed by atoms with Crippen LogP contribution < -0.4 is 0 Å². The van der Waals surface area contributed by atoms with Crippen LogP contribution in [-0.2, 0) is 0 Å². The normalized spacial score (nSPS) is 15.8. The summed E-state index contributed by atoms with van der Waals surface area (Å²) in [5.74, 6) is 0.542. The van der Waals surface area contributed by atoms with E-state index < -0.39 is 0 Å². The average molecular weight is 1090 g/mol. The largest absolute Gasteiger partial charge is 0.0728 e. The van der Waals surface area contributed by atoms with Crippen molar-refractivity contribution in [3.8, 4) is 33.4 Å². The van der Waals surface area contributed by atoms with Crippen LogP contribution in [0.4, 0.5) is 0 Å². The van der Waals surface area contributed by atoms with Crippen LogP contribution in [-0.4, -0.2) is 0 Å². The molecule has 0 aromatic heterocycles. The third-order valence-corrected chi connectivity index (χ3v) is 14.5. The van der Waals surface area contributed by atoms with E-state index in [1.807, 2.05) is 0 Å². The smallest absolute Gasteiger partial charge is 0.0285 e. The van der Waals surface area contributed by atoms with E-state index in [9.17, 15) is 0 Å². The van der Waals surface area contributed by atoms with Crippen molar-refractivity contribution in [1.29, 1.82) is 0 Å². The molecule has 1 saturated carbocycles. The summed E-state index contributed by atoms with van der Waals surface area (Å²) in [6.07, 6.45) is 10.7. The van der Waals surface area contributed by atoms with Crippen molar-refractivity contribution < 1.29 is 0 Å². The fourth-order valence-electron chi connectivity index (χ4n) is 9.38. The highest BCUT2D eigenvalue weighted by atomic mass is 79.9. The molecule has 4 aliphatic carbocycles. The van der Waals surface area contributed by atoms with Crippen molar-refractivity contribution in [2.45, 2.75) is 37.0 Å². The Labute approximate surface area is 366 Å². The maximum absolute atomic E-state index is 3.81. The molecule has 264 valence electrons. The first-order chi connectivity index (χ1) is 26.2. The molecule has 0 N–H and O–H groups in total. The maximum atomic E-state index is 3.81. The minimum absolute atomic E-state index is 0.181. The molecule has 0 nitrogen and oxygen atoms in total. The average Bonchev–Trinajstić information content (AvgIpc) is 3.72. The molecule has 0 aliphatic heterocycles. The van der Waals surface area contributed by atoms with Gasteiger partial charge in [-0.05, 0) is 159 Å². The lowest BCUT2D eigenvalue weighted by Crippen LogP contribution is -2.07. The Morgan fingerprint density at radius 2 is 0.481 bits per heavy atom. The Bertz CT molecular complexity index is 2220. The third-order valence-electron chi connectivity index (χ3n) is 11.5. The Balaban J connectivity index is 1.13. The fourth-order valence-corrected chi connectivity index (χ4v) is 11.7. The Morgan fingerprint density at radius 1 is 0.296 bits per heavy atom. The first kappa shape index (κ1) is 35.8. The van der Waals surface area contributed by atoms with E-state index >= 15 is 0 Å². The van der Waals surface area contributed by atoms with Crippen molar-refractivity contribution in [3.63, 3.8) is 0 Å². The van der Waals surface area contributed by atoms with E-state index in [0.717, 1.165) is 46.1 Å². The van der Waals surface area contributed by atoms with Gasteiger partial charge in [0.05, 0.1) is 0 Å². The van der Waals surface area contributed by atoms with E-state index in [0.29, 0.717) is 0 Å². The molecule has 4 aliphatic rings. The highest BCUT2D eigenvalue weighted by molar-refractivity contribution is 9.11. The summed E-state index contributed by atoms with van der Waals surface area (Å²) in [4.78, 5) is 0. The molecule has 0 bridgehead atoms. The van der Waals surface area contributed by atoms with Crippen molar-refractivity contribution in [2.75, 3.05) is 0 Å². The molecular weight excluding hydrogens is 1060 g/mol. The van der Waals surface area contributed by atoms with Crippen molar-refractivity contribution >= 4 is 95.6 Å². The van der Waals surface area contributed by atoms with E-state index in [2.05, 4.69) is 223 Å². The van der Waals surface area contributed by atoms with Crippen LogP contribution >= 0.6 is 95.6 Å². The molecule has 0 spiro atoms. The van der Waals surface area contributed by atoms with Gasteiger partial charge in [-0.1, -0.05) is 167 Å². The van der Waals surface area contributed by atoms with Gasteiger partial charge in [0, 0.05) is 44.6 Å². The quantitative estimate of drug-likeness (QED) is 0.155. The second kappa shape index (κ2) is 14.1. The molecule has 6 heteroatoms. The predicted molar refractivity (Wildman–Crippen MR) is 245 cm³/mol. The minimum atomic E-state index is 0.181. The molecule has 0 atom stereocenters.